The van der Waals surface area contributed by atoms with Crippen LogP contribution in [0, 0.1) is 11.6 Å². The Hall–Kier alpha value is -3.80. The summed E-state index contributed by atoms with van der Waals surface area (Å²) in [6.07, 6.45) is -5.30. The predicted molar refractivity (Wildman–Crippen MR) is 111 cm³/mol. The number of ether oxygens (including phenoxy) is 1. The smallest absolute Gasteiger partial charge is 0.425 e. The second kappa shape index (κ2) is 9.59. The molecule has 3 N–H and O–H groups in total. The van der Waals surface area contributed by atoms with Gasteiger partial charge in [-0.3, -0.25) is 14.6 Å². The van der Waals surface area contributed by atoms with E-state index in [0.717, 1.165) is 24.5 Å². The maximum atomic E-state index is 14.9. The molecular weight excluding hydrogens is 487 g/mol. The zero-order valence-electron chi connectivity index (χ0n) is 17.1. The Morgan fingerprint density at radius 1 is 1.12 bits per heavy atom. The molecule has 34 heavy (non-hydrogen) atoms. The first-order chi connectivity index (χ1) is 15.9. The number of hydrogen-bond donors (Lipinski definition) is 2. The van der Waals surface area contributed by atoms with Gasteiger partial charge in [0.25, 0.3) is 11.8 Å². The van der Waals surface area contributed by atoms with E-state index in [0.29, 0.717) is 13.0 Å². The number of nitrogens with two attached hydrogens (primary N) is 1. The van der Waals surface area contributed by atoms with E-state index in [1.807, 2.05) is 0 Å². The number of primary amides is 1. The number of amides is 2. The first-order valence-corrected chi connectivity index (χ1v) is 9.70. The van der Waals surface area contributed by atoms with Gasteiger partial charge in [-0.15, -0.1) is 0 Å². The highest BCUT2D eigenvalue weighted by atomic mass is 35.5. The van der Waals surface area contributed by atoms with Gasteiger partial charge in [0.1, 0.15) is 23.1 Å². The lowest BCUT2D eigenvalue weighted by molar-refractivity contribution is -0.189. The first kappa shape index (κ1) is 24.8. The summed E-state index contributed by atoms with van der Waals surface area (Å²) in [7, 11) is 0. The van der Waals surface area contributed by atoms with E-state index in [9.17, 15) is 31.5 Å². The van der Waals surface area contributed by atoms with Crippen molar-refractivity contribution in [1.82, 2.24) is 9.97 Å². The summed E-state index contributed by atoms with van der Waals surface area (Å²) in [6, 6.07) is 4.93. The van der Waals surface area contributed by atoms with Crippen molar-refractivity contribution in [2.75, 3.05) is 5.32 Å². The fraction of sp³-hybridized carbons (Fsp3) is 0.143. The van der Waals surface area contributed by atoms with Crippen molar-refractivity contribution in [3.8, 4) is 17.0 Å². The molecule has 0 aliphatic heterocycles. The minimum atomic E-state index is -4.82. The van der Waals surface area contributed by atoms with Crippen LogP contribution in [-0.2, 0) is 0 Å². The van der Waals surface area contributed by atoms with Crippen LogP contribution in [0.4, 0.5) is 27.6 Å². The Balaban J connectivity index is 2.08. The zero-order valence-corrected chi connectivity index (χ0v) is 17.8. The van der Waals surface area contributed by atoms with Crippen molar-refractivity contribution in [3.05, 3.63) is 70.6 Å². The van der Waals surface area contributed by atoms with Crippen LogP contribution in [0.3, 0.4) is 0 Å². The molecule has 0 saturated heterocycles. The fourth-order valence-corrected chi connectivity index (χ4v) is 2.88. The third-order valence-electron chi connectivity index (χ3n) is 4.46. The van der Waals surface area contributed by atoms with Crippen LogP contribution in [0.5, 0.6) is 5.75 Å². The maximum Gasteiger partial charge on any atom is 0.425 e. The van der Waals surface area contributed by atoms with Crippen molar-refractivity contribution in [2.24, 2.45) is 5.73 Å². The highest BCUT2D eigenvalue weighted by Crippen LogP contribution is 2.34. The first-order valence-electron chi connectivity index (χ1n) is 9.33. The molecule has 2 amide bonds. The molecule has 3 aromatic rings. The number of nitrogens with one attached hydrogen (secondary N) is 1. The zero-order chi connectivity index (χ0) is 25.2. The minimum Gasteiger partial charge on any atom is -0.480 e. The van der Waals surface area contributed by atoms with E-state index < -0.39 is 52.7 Å². The number of para-hydroxylation sites is 1. The number of benzene rings is 2. The fourth-order valence-electron chi connectivity index (χ4n) is 2.67. The molecule has 0 aliphatic carbocycles. The van der Waals surface area contributed by atoms with Crippen LogP contribution in [-0.4, -0.2) is 34.1 Å². The monoisotopic (exact) mass is 500 g/mol. The number of rotatable bonds is 6. The molecule has 0 bridgehead atoms. The third kappa shape index (κ3) is 5.39. The van der Waals surface area contributed by atoms with Gasteiger partial charge in [-0.25, -0.2) is 13.8 Å². The second-order valence-corrected chi connectivity index (χ2v) is 7.24. The Bertz CT molecular complexity index is 1230. The van der Waals surface area contributed by atoms with E-state index >= 15 is 0 Å². The van der Waals surface area contributed by atoms with Crippen molar-refractivity contribution >= 4 is 29.1 Å². The van der Waals surface area contributed by atoms with Crippen LogP contribution in [0.1, 0.15) is 27.8 Å². The SMILES string of the molecule is C[C@H](Oc1cc(-c2cnc(C(N)=O)cn2)c(F)cc1C(=O)Nc1c(F)cccc1Cl)C(F)(F)F. The lowest BCUT2D eigenvalue weighted by Gasteiger charge is -2.20. The van der Waals surface area contributed by atoms with E-state index in [-0.39, 0.29) is 22.0 Å². The highest BCUT2D eigenvalue weighted by molar-refractivity contribution is 6.34. The molecule has 1 heterocycles. The Labute approximate surface area is 193 Å². The largest absolute Gasteiger partial charge is 0.480 e. The van der Waals surface area contributed by atoms with Crippen LogP contribution in [0.2, 0.25) is 5.02 Å². The predicted octanol–water partition coefficient (Wildman–Crippen LogP) is 4.76. The molecule has 7 nitrogen and oxygen atoms in total. The van der Waals surface area contributed by atoms with Crippen molar-refractivity contribution in [1.29, 1.82) is 0 Å². The summed E-state index contributed by atoms with van der Waals surface area (Å²) in [4.78, 5) is 31.4. The van der Waals surface area contributed by atoms with Gasteiger partial charge in [-0.05, 0) is 31.2 Å². The molecule has 3 rings (SSSR count). The molecule has 2 aromatic carbocycles. The summed E-state index contributed by atoms with van der Waals surface area (Å²) < 4.78 is 73.2. The number of halogens is 6. The molecule has 13 heteroatoms. The average molecular weight is 501 g/mol. The number of alkyl halides is 3. The minimum absolute atomic E-state index is 0.184. The summed E-state index contributed by atoms with van der Waals surface area (Å²) in [5.74, 6) is -4.77. The number of carbonyl (C=O) groups excluding carboxylic acids is 2. The quantitative estimate of drug-likeness (QED) is 0.475. The van der Waals surface area contributed by atoms with Gasteiger partial charge in [0.15, 0.2) is 6.10 Å². The topological polar surface area (TPSA) is 107 Å². The Kier molecular flexibility index (Phi) is 7.01. The molecule has 1 aromatic heterocycles. The van der Waals surface area contributed by atoms with E-state index in [2.05, 4.69) is 15.3 Å². The number of carbonyl (C=O) groups is 2. The number of nitrogens with zero attached hydrogens (tertiary/aromatic N) is 2. The lowest BCUT2D eigenvalue weighted by atomic mass is 10.1. The normalized spacial score (nSPS) is 12.2. The third-order valence-corrected chi connectivity index (χ3v) is 4.78. The maximum absolute atomic E-state index is 14.9. The van der Waals surface area contributed by atoms with Gasteiger partial charge in [0, 0.05) is 5.56 Å². The van der Waals surface area contributed by atoms with Crippen LogP contribution in [0.15, 0.2) is 42.7 Å². The van der Waals surface area contributed by atoms with Gasteiger partial charge in [-0.2, -0.15) is 13.2 Å². The molecule has 0 spiro atoms. The summed E-state index contributed by atoms with van der Waals surface area (Å²) in [5.41, 5.74) is 3.14. The molecule has 178 valence electrons. The van der Waals surface area contributed by atoms with Crippen molar-refractivity contribution in [2.45, 2.75) is 19.2 Å². The molecule has 0 fully saturated rings. The van der Waals surface area contributed by atoms with E-state index in [1.54, 1.807) is 0 Å². The molecule has 0 aliphatic rings. The lowest BCUT2D eigenvalue weighted by Crippen LogP contribution is -2.32. The number of hydrogen-bond acceptors (Lipinski definition) is 5. The molecule has 0 unspecified atom stereocenters. The second-order valence-electron chi connectivity index (χ2n) is 6.83. The van der Waals surface area contributed by atoms with Crippen LogP contribution >= 0.6 is 11.6 Å². The molecule has 0 saturated carbocycles. The number of anilines is 1. The van der Waals surface area contributed by atoms with Gasteiger partial charge in [0.2, 0.25) is 0 Å². The highest BCUT2D eigenvalue weighted by Gasteiger charge is 2.39. The van der Waals surface area contributed by atoms with Crippen molar-refractivity contribution in [3.63, 3.8) is 0 Å². The van der Waals surface area contributed by atoms with Gasteiger partial charge >= 0.3 is 6.18 Å². The Morgan fingerprint density at radius 3 is 2.38 bits per heavy atom. The van der Waals surface area contributed by atoms with Crippen LogP contribution < -0.4 is 15.8 Å². The standard InChI is InChI=1S/C21H14ClF5N4O3/c1-9(21(25,26)27)34-17-6-10(15-7-30-16(8-29-15)19(28)32)14(24)5-11(17)20(33)31-18-12(22)3-2-4-13(18)23/h2-9H,1H3,(H2,28,32)(H,31,33)/t9-/m0/s1. The Morgan fingerprint density at radius 2 is 1.82 bits per heavy atom. The number of aromatic nitrogens is 2. The van der Waals surface area contributed by atoms with Gasteiger partial charge in [0.05, 0.1) is 34.4 Å². The average Bonchev–Trinajstić information content (AvgIpc) is 2.76. The molecule has 1 atom stereocenters. The molecular formula is C21H14ClF5N4O3. The summed E-state index contributed by atoms with van der Waals surface area (Å²) in [6.45, 7) is 0.680. The summed E-state index contributed by atoms with van der Waals surface area (Å²) in [5, 5.41) is 1.91. The molecule has 0 radical (unpaired) electrons. The summed E-state index contributed by atoms with van der Waals surface area (Å²) >= 11 is 5.86. The van der Waals surface area contributed by atoms with E-state index in [4.69, 9.17) is 22.1 Å². The van der Waals surface area contributed by atoms with Gasteiger partial charge < -0.3 is 15.8 Å². The van der Waals surface area contributed by atoms with E-state index in [1.165, 1.54) is 12.1 Å². The van der Waals surface area contributed by atoms with Crippen LogP contribution in [0.25, 0.3) is 11.3 Å². The van der Waals surface area contributed by atoms with Gasteiger partial charge in [-0.1, -0.05) is 17.7 Å². The van der Waals surface area contributed by atoms with Crippen molar-refractivity contribution < 1.29 is 36.3 Å².